The molecule has 1 aliphatic rings. The Kier molecular flexibility index (Phi) is 9.02. The van der Waals surface area contributed by atoms with E-state index < -0.39 is 57.0 Å². The summed E-state index contributed by atoms with van der Waals surface area (Å²) in [6.45, 7) is 5.03. The summed E-state index contributed by atoms with van der Waals surface area (Å²) < 4.78 is 52.3. The fourth-order valence-electron chi connectivity index (χ4n) is 4.17. The number of carbonyl (C=O) groups is 1. The molecule has 41 heavy (non-hydrogen) atoms. The molecule has 224 valence electrons. The molecule has 1 unspecified atom stereocenters. The number of alkyl halides is 1. The average molecular weight is 596 g/mol. The number of carbonyl (C=O) groups excluding carboxylic acids is 1. The van der Waals surface area contributed by atoms with Gasteiger partial charge in [-0.05, 0) is 36.6 Å². The van der Waals surface area contributed by atoms with Crippen molar-refractivity contribution in [3.63, 3.8) is 0 Å². The predicted molar refractivity (Wildman–Crippen MR) is 146 cm³/mol. The van der Waals surface area contributed by atoms with Crippen molar-refractivity contribution in [1.82, 2.24) is 19.7 Å². The molecule has 1 aliphatic heterocycles. The summed E-state index contributed by atoms with van der Waals surface area (Å²) in [4.78, 5) is 16.5. The van der Waals surface area contributed by atoms with Crippen LogP contribution in [0.4, 0.5) is 10.2 Å². The Morgan fingerprint density at radius 3 is 2.63 bits per heavy atom. The molecule has 5 N–H and O–H groups in total. The molecular formula is C26H35FN5O8P. The first-order valence-corrected chi connectivity index (χ1v) is 14.4. The zero-order valence-corrected chi connectivity index (χ0v) is 24.0. The van der Waals surface area contributed by atoms with E-state index in [2.05, 4.69) is 15.2 Å². The van der Waals surface area contributed by atoms with Crippen molar-refractivity contribution in [2.75, 3.05) is 25.6 Å². The van der Waals surface area contributed by atoms with Crippen molar-refractivity contribution in [2.45, 2.75) is 57.6 Å². The molecule has 15 heteroatoms. The molecule has 4 rings (SSSR count). The fraction of sp³-hybridized carbons (Fsp3) is 0.500. The van der Waals surface area contributed by atoms with Crippen LogP contribution in [-0.2, 0) is 23.4 Å². The molecule has 0 amide bonds. The van der Waals surface area contributed by atoms with Gasteiger partial charge in [-0.2, -0.15) is 10.2 Å². The summed E-state index contributed by atoms with van der Waals surface area (Å²) in [5.41, 5.74) is 4.11. The molecule has 13 nitrogen and oxygen atoms in total. The molecule has 0 radical (unpaired) electrons. The zero-order chi connectivity index (χ0) is 30.0. The van der Waals surface area contributed by atoms with Gasteiger partial charge in [0.2, 0.25) is 0 Å². The molecular weight excluding hydrogens is 560 g/mol. The molecule has 3 aromatic rings. The summed E-state index contributed by atoms with van der Waals surface area (Å²) in [5.74, 6) is -0.412. The second-order valence-electron chi connectivity index (χ2n) is 11.1. The first-order chi connectivity index (χ1) is 19.3. The number of aliphatic hydroxyl groups excluding tert-OH is 2. The molecule has 0 spiro atoms. The highest BCUT2D eigenvalue weighted by molar-refractivity contribution is 7.52. The lowest BCUT2D eigenvalue weighted by Gasteiger charge is -2.31. The first-order valence-electron chi connectivity index (χ1n) is 12.9. The normalized spacial score (nSPS) is 25.1. The summed E-state index contributed by atoms with van der Waals surface area (Å²) in [6.07, 6.45) is -3.47. The van der Waals surface area contributed by atoms with Gasteiger partial charge in [0.05, 0.1) is 18.9 Å². The van der Waals surface area contributed by atoms with E-state index in [1.165, 1.54) is 29.9 Å². The van der Waals surface area contributed by atoms with Gasteiger partial charge in [-0.15, -0.1) is 0 Å². The van der Waals surface area contributed by atoms with E-state index in [-0.39, 0.29) is 29.3 Å². The predicted octanol–water partition coefficient (Wildman–Crippen LogP) is 2.58. The molecule has 0 aliphatic carbocycles. The molecule has 1 aromatic carbocycles. The number of para-hydroxylation sites is 1. The van der Waals surface area contributed by atoms with Gasteiger partial charge in [0.15, 0.2) is 5.82 Å². The number of aromatic nitrogens is 3. The summed E-state index contributed by atoms with van der Waals surface area (Å²) in [5, 5.41) is 28.4. The third kappa shape index (κ3) is 6.85. The van der Waals surface area contributed by atoms with Crippen molar-refractivity contribution in [1.29, 1.82) is 0 Å². The Balaban J connectivity index is 1.56. The maximum absolute atomic E-state index is 14.6. The highest BCUT2D eigenvalue weighted by atomic mass is 31.2. The topological polar surface area (TPSA) is 180 Å². The van der Waals surface area contributed by atoms with Crippen molar-refractivity contribution in [2.24, 2.45) is 5.41 Å². The van der Waals surface area contributed by atoms with Crippen molar-refractivity contribution >= 4 is 25.1 Å². The maximum atomic E-state index is 14.6. The molecule has 2 aromatic heterocycles. The van der Waals surface area contributed by atoms with Gasteiger partial charge >= 0.3 is 13.7 Å². The first kappa shape index (κ1) is 30.8. The number of ether oxygens (including phenoxy) is 2. The molecule has 0 saturated carbocycles. The van der Waals surface area contributed by atoms with Crippen LogP contribution in [0.3, 0.4) is 0 Å². The van der Waals surface area contributed by atoms with Gasteiger partial charge in [-0.3, -0.25) is 9.32 Å². The number of hydrogen-bond acceptors (Lipinski definition) is 11. The Morgan fingerprint density at radius 1 is 1.27 bits per heavy atom. The number of rotatable bonds is 11. The molecule has 1 saturated heterocycles. The van der Waals surface area contributed by atoms with Gasteiger partial charge in [0.25, 0.3) is 0 Å². The summed E-state index contributed by atoms with van der Waals surface area (Å²) in [6, 6.07) is 9.98. The Labute approximate surface area is 236 Å². The minimum absolute atomic E-state index is 0.109. The molecule has 1 fully saturated rings. The number of benzene rings is 1. The average Bonchev–Trinajstić information content (AvgIpc) is 3.46. The smallest absolute Gasteiger partial charge is 0.459 e. The van der Waals surface area contributed by atoms with Crippen LogP contribution in [0.2, 0.25) is 0 Å². The number of nitrogen functional groups attached to an aromatic ring is 1. The van der Waals surface area contributed by atoms with E-state index >= 15 is 0 Å². The van der Waals surface area contributed by atoms with Crippen LogP contribution in [0.1, 0.15) is 39.5 Å². The molecule has 6 atom stereocenters. The third-order valence-corrected chi connectivity index (χ3v) is 7.99. The summed E-state index contributed by atoms with van der Waals surface area (Å²) in [7, 11) is -4.43. The lowest BCUT2D eigenvalue weighted by molar-refractivity contribution is -0.148. The second kappa shape index (κ2) is 12.0. The van der Waals surface area contributed by atoms with E-state index in [4.69, 9.17) is 24.3 Å². The van der Waals surface area contributed by atoms with Crippen LogP contribution in [0.5, 0.6) is 5.75 Å². The van der Waals surface area contributed by atoms with Crippen LogP contribution in [0.15, 0.2) is 48.8 Å². The Morgan fingerprint density at radius 2 is 1.98 bits per heavy atom. The number of fused-ring (bicyclic) bond motifs is 1. The highest BCUT2D eigenvalue weighted by Crippen LogP contribution is 2.48. The van der Waals surface area contributed by atoms with E-state index in [0.717, 1.165) is 0 Å². The minimum Gasteiger partial charge on any atom is -0.464 e. The quantitative estimate of drug-likeness (QED) is 0.188. The second-order valence-corrected chi connectivity index (χ2v) is 12.8. The van der Waals surface area contributed by atoms with Gasteiger partial charge in [0.1, 0.15) is 54.2 Å². The third-order valence-electron chi connectivity index (χ3n) is 6.36. The lowest BCUT2D eigenvalue weighted by atomic mass is 9.96. The van der Waals surface area contributed by atoms with Crippen molar-refractivity contribution in [3.05, 3.63) is 54.5 Å². The van der Waals surface area contributed by atoms with Gasteiger partial charge < -0.3 is 29.9 Å². The van der Waals surface area contributed by atoms with Crippen molar-refractivity contribution < 1.29 is 42.5 Å². The lowest BCUT2D eigenvalue weighted by Crippen LogP contribution is -2.49. The van der Waals surface area contributed by atoms with Crippen LogP contribution >= 0.6 is 7.75 Å². The van der Waals surface area contributed by atoms with E-state index in [9.17, 15) is 24.0 Å². The van der Waals surface area contributed by atoms with Gasteiger partial charge in [-0.25, -0.2) is 18.5 Å². The minimum atomic E-state index is -4.43. The van der Waals surface area contributed by atoms with Crippen LogP contribution in [-0.4, -0.2) is 74.5 Å². The SMILES string of the molecule is C[C@H](NP(=O)(OC[C@@]1(CF)O[C@@H](c2ccc3c(N)ncnn23)[C@H](O)[C@@H]1O)Oc1ccccc1)C(=O)OCC(C)(C)C. The van der Waals surface area contributed by atoms with Crippen LogP contribution < -0.4 is 15.3 Å². The number of nitrogens with one attached hydrogen (secondary N) is 1. The van der Waals surface area contributed by atoms with Crippen LogP contribution in [0.25, 0.3) is 5.52 Å². The number of nitrogens with zero attached hydrogens (tertiary/aromatic N) is 3. The van der Waals surface area contributed by atoms with E-state index in [0.29, 0.717) is 5.52 Å². The maximum Gasteiger partial charge on any atom is 0.459 e. The number of nitrogens with two attached hydrogens (primary N) is 1. The number of hydrogen-bond donors (Lipinski definition) is 4. The number of halogens is 1. The molecule has 3 heterocycles. The molecule has 0 bridgehead atoms. The Hall–Kier alpha value is -3.13. The largest absolute Gasteiger partial charge is 0.464 e. The summed E-state index contributed by atoms with van der Waals surface area (Å²) >= 11 is 0. The zero-order valence-electron chi connectivity index (χ0n) is 23.1. The number of anilines is 1. The standard InChI is InChI=1S/C26H35FN5O8P/c1-16(24(35)37-13-25(2,3)4)31-41(36,40-17-8-6-5-7-9-17)38-14-26(12-27)22(34)20(33)21(39-26)18-10-11-19-23(28)29-15-30-32(18)19/h5-11,15-16,20-22,33-34H,12-14H2,1-4H3,(H,31,36)(H2,28,29,30)/t16-,20-,21-,22-,26+,41?/m0/s1. The van der Waals surface area contributed by atoms with E-state index in [1.54, 1.807) is 30.3 Å². The van der Waals surface area contributed by atoms with Gasteiger partial charge in [0, 0.05) is 0 Å². The number of esters is 1. The fourth-order valence-corrected chi connectivity index (χ4v) is 5.72. The Bertz CT molecular complexity index is 1400. The van der Waals surface area contributed by atoms with Crippen LogP contribution in [0, 0.1) is 5.41 Å². The van der Waals surface area contributed by atoms with E-state index in [1.807, 2.05) is 20.8 Å². The highest BCUT2D eigenvalue weighted by Gasteiger charge is 2.57. The number of aliphatic hydroxyl groups is 2. The van der Waals surface area contributed by atoms with Crippen molar-refractivity contribution in [3.8, 4) is 5.75 Å². The van der Waals surface area contributed by atoms with Gasteiger partial charge in [-0.1, -0.05) is 39.0 Å². The monoisotopic (exact) mass is 595 g/mol.